The molecule has 0 saturated carbocycles. The minimum absolute atomic E-state index is 0.00978. The lowest BCUT2D eigenvalue weighted by molar-refractivity contribution is -0.145. The smallest absolute Gasteiger partial charge is 0.315 e. The number of Topliss-reactive ketones (excluding diaryl/α,β-unsaturated/α-hetero) is 1. The molecule has 0 spiro atoms. The Kier molecular flexibility index (Phi) is 8.52. The number of allylic oxidation sites excluding steroid dienone is 2. The van der Waals surface area contributed by atoms with Gasteiger partial charge in [-0.25, -0.2) is 0 Å². The SMILES string of the molecule is CCSCCOC(=O)C1C(C)=NC2=C(C(=O)C[C@@H](c3ccccc3)C2)[C@H]1c1cccc(OC)c1OC. The fraction of sp³-hybridized carbons (Fsp3) is 0.414. The van der Waals surface area contributed by atoms with E-state index in [1.165, 1.54) is 0 Å². The van der Waals surface area contributed by atoms with Gasteiger partial charge < -0.3 is 14.2 Å². The lowest BCUT2D eigenvalue weighted by atomic mass is 9.69. The van der Waals surface area contributed by atoms with Crippen molar-refractivity contribution < 1.29 is 23.8 Å². The summed E-state index contributed by atoms with van der Waals surface area (Å²) < 4.78 is 17.0. The second kappa shape index (κ2) is 11.8. The first-order valence-corrected chi connectivity index (χ1v) is 13.5. The van der Waals surface area contributed by atoms with Gasteiger partial charge >= 0.3 is 5.97 Å². The molecule has 2 aromatic rings. The van der Waals surface area contributed by atoms with Crippen molar-refractivity contribution in [2.24, 2.45) is 10.9 Å². The summed E-state index contributed by atoms with van der Waals surface area (Å²) in [7, 11) is 3.15. The van der Waals surface area contributed by atoms with E-state index in [9.17, 15) is 9.59 Å². The summed E-state index contributed by atoms with van der Waals surface area (Å²) in [6.07, 6.45) is 1.01. The molecule has 1 unspecified atom stereocenters. The molecule has 0 aromatic heterocycles. The maximum absolute atomic E-state index is 13.8. The van der Waals surface area contributed by atoms with Crippen molar-refractivity contribution in [3.63, 3.8) is 0 Å². The molecular weight excluding hydrogens is 474 g/mol. The van der Waals surface area contributed by atoms with Gasteiger partial charge in [0.15, 0.2) is 17.3 Å². The molecule has 0 amide bonds. The van der Waals surface area contributed by atoms with Crippen LogP contribution in [0.5, 0.6) is 11.5 Å². The number of para-hydroxylation sites is 1. The molecule has 1 aliphatic carbocycles. The third-order valence-corrected chi connectivity index (χ3v) is 7.72. The number of benzene rings is 2. The van der Waals surface area contributed by atoms with Crippen molar-refractivity contribution in [2.45, 2.75) is 38.5 Å². The predicted octanol–water partition coefficient (Wildman–Crippen LogP) is 5.58. The average Bonchev–Trinajstić information content (AvgIpc) is 2.90. The van der Waals surface area contributed by atoms with E-state index in [1.807, 2.05) is 43.3 Å². The van der Waals surface area contributed by atoms with E-state index < -0.39 is 11.8 Å². The first-order chi connectivity index (χ1) is 17.5. The number of ether oxygens (including phenoxy) is 3. The zero-order valence-electron chi connectivity index (χ0n) is 21.3. The van der Waals surface area contributed by atoms with Crippen LogP contribution in [0.4, 0.5) is 0 Å². The summed E-state index contributed by atoms with van der Waals surface area (Å²) >= 11 is 1.72. The van der Waals surface area contributed by atoms with Gasteiger partial charge in [0.1, 0.15) is 12.5 Å². The van der Waals surface area contributed by atoms with Crippen molar-refractivity contribution in [3.05, 3.63) is 70.9 Å². The summed E-state index contributed by atoms with van der Waals surface area (Å²) in [4.78, 5) is 32.1. The van der Waals surface area contributed by atoms with Crippen LogP contribution in [-0.2, 0) is 14.3 Å². The number of hydrogen-bond donors (Lipinski definition) is 0. The summed E-state index contributed by atoms with van der Waals surface area (Å²) in [5.41, 5.74) is 3.84. The van der Waals surface area contributed by atoms with Crippen LogP contribution < -0.4 is 9.47 Å². The van der Waals surface area contributed by atoms with Crippen molar-refractivity contribution in [1.82, 2.24) is 0 Å². The fourth-order valence-electron chi connectivity index (χ4n) is 5.25. The molecule has 0 N–H and O–H groups in total. The van der Waals surface area contributed by atoms with Gasteiger partial charge in [-0.1, -0.05) is 49.4 Å². The first-order valence-electron chi connectivity index (χ1n) is 12.3. The van der Waals surface area contributed by atoms with Crippen LogP contribution in [0.2, 0.25) is 0 Å². The maximum Gasteiger partial charge on any atom is 0.315 e. The van der Waals surface area contributed by atoms with Crippen LogP contribution in [0.15, 0.2) is 64.8 Å². The lowest BCUT2D eigenvalue weighted by Crippen LogP contribution is -2.38. The minimum atomic E-state index is -0.714. The van der Waals surface area contributed by atoms with Crippen LogP contribution in [-0.4, -0.2) is 49.8 Å². The van der Waals surface area contributed by atoms with Gasteiger partial charge in [0, 0.05) is 40.6 Å². The largest absolute Gasteiger partial charge is 0.493 e. The van der Waals surface area contributed by atoms with E-state index in [1.54, 1.807) is 26.0 Å². The molecule has 4 rings (SSSR count). The summed E-state index contributed by atoms with van der Waals surface area (Å²) in [5.74, 6) is 1.17. The third-order valence-electron chi connectivity index (χ3n) is 6.86. The number of thioether (sulfide) groups is 1. The highest BCUT2D eigenvalue weighted by Crippen LogP contribution is 2.50. The molecule has 3 atom stereocenters. The maximum atomic E-state index is 13.8. The van der Waals surface area contributed by atoms with Crippen LogP contribution >= 0.6 is 11.8 Å². The number of rotatable bonds is 9. The van der Waals surface area contributed by atoms with Crippen molar-refractivity contribution >= 4 is 29.2 Å². The Morgan fingerprint density at radius 2 is 1.83 bits per heavy atom. The highest BCUT2D eigenvalue weighted by atomic mass is 32.2. The molecule has 0 radical (unpaired) electrons. The van der Waals surface area contributed by atoms with E-state index in [-0.39, 0.29) is 17.7 Å². The molecular formula is C29H33NO5S. The molecule has 7 heteroatoms. The highest BCUT2D eigenvalue weighted by Gasteiger charge is 2.46. The van der Waals surface area contributed by atoms with E-state index >= 15 is 0 Å². The van der Waals surface area contributed by atoms with Crippen LogP contribution in [0, 0.1) is 5.92 Å². The molecule has 2 aromatic carbocycles. The third kappa shape index (κ3) is 5.21. The topological polar surface area (TPSA) is 74.2 Å². The van der Waals surface area contributed by atoms with Gasteiger partial charge in [-0.05, 0) is 36.6 Å². The van der Waals surface area contributed by atoms with Crippen molar-refractivity contribution in [1.29, 1.82) is 0 Å². The van der Waals surface area contributed by atoms with E-state index in [2.05, 4.69) is 19.1 Å². The monoisotopic (exact) mass is 507 g/mol. The Morgan fingerprint density at radius 3 is 2.53 bits per heavy atom. The Labute approximate surface area is 217 Å². The normalized spacial score (nSPS) is 21.5. The Hall–Kier alpha value is -3.06. The number of nitrogens with zero attached hydrogens (tertiary/aromatic N) is 1. The van der Waals surface area contributed by atoms with E-state index in [4.69, 9.17) is 19.2 Å². The van der Waals surface area contributed by atoms with Gasteiger partial charge in [-0.15, -0.1) is 0 Å². The molecule has 6 nitrogen and oxygen atoms in total. The van der Waals surface area contributed by atoms with Gasteiger partial charge in [0.05, 0.1) is 14.2 Å². The Balaban J connectivity index is 1.79. The molecule has 1 heterocycles. The second-order valence-electron chi connectivity index (χ2n) is 8.96. The minimum Gasteiger partial charge on any atom is -0.493 e. The molecule has 36 heavy (non-hydrogen) atoms. The number of carbonyl (C=O) groups is 2. The molecule has 0 fully saturated rings. The van der Waals surface area contributed by atoms with Crippen LogP contribution in [0.3, 0.4) is 0 Å². The zero-order chi connectivity index (χ0) is 25.7. The number of carbonyl (C=O) groups excluding carboxylic acids is 2. The van der Waals surface area contributed by atoms with E-state index in [0.717, 1.165) is 28.3 Å². The predicted molar refractivity (Wildman–Crippen MR) is 143 cm³/mol. The summed E-state index contributed by atoms with van der Waals surface area (Å²) in [6.45, 7) is 4.24. The number of methoxy groups -OCH3 is 2. The zero-order valence-corrected chi connectivity index (χ0v) is 22.1. The standard InChI is InChI=1S/C29H33NO5S/c1-5-36-15-14-35-29(32)25-18(2)30-22-16-20(19-10-7-6-8-11-19)17-23(31)27(22)26(25)21-12-9-13-24(33-3)28(21)34-4/h6-13,20,25-26H,5,14-17H2,1-4H3/t20-,25?,26-/m0/s1. The van der Waals surface area contributed by atoms with Crippen LogP contribution in [0.25, 0.3) is 0 Å². The summed E-state index contributed by atoms with van der Waals surface area (Å²) in [5, 5.41) is 0. The quantitative estimate of drug-likeness (QED) is 0.326. The highest BCUT2D eigenvalue weighted by molar-refractivity contribution is 7.99. The fourth-order valence-corrected chi connectivity index (χ4v) is 5.74. The average molecular weight is 508 g/mol. The molecule has 1 aliphatic heterocycles. The molecule has 2 aliphatic rings. The van der Waals surface area contributed by atoms with Crippen LogP contribution in [0.1, 0.15) is 49.7 Å². The molecule has 190 valence electrons. The lowest BCUT2D eigenvalue weighted by Gasteiger charge is -2.37. The summed E-state index contributed by atoms with van der Waals surface area (Å²) in [6, 6.07) is 15.6. The molecule has 0 bridgehead atoms. The van der Waals surface area contributed by atoms with Crippen molar-refractivity contribution in [3.8, 4) is 11.5 Å². The number of aliphatic imine (C=N–C) groups is 1. The second-order valence-corrected chi connectivity index (χ2v) is 10.3. The van der Waals surface area contributed by atoms with Gasteiger partial charge in [-0.3, -0.25) is 14.6 Å². The van der Waals surface area contributed by atoms with Crippen molar-refractivity contribution in [2.75, 3.05) is 32.3 Å². The first kappa shape index (κ1) is 26.0. The Bertz CT molecular complexity index is 1170. The number of hydrogen-bond acceptors (Lipinski definition) is 7. The molecule has 0 saturated heterocycles. The number of ketones is 1. The van der Waals surface area contributed by atoms with E-state index in [0.29, 0.717) is 42.2 Å². The number of esters is 1. The van der Waals surface area contributed by atoms with Gasteiger partial charge in [0.2, 0.25) is 0 Å². The van der Waals surface area contributed by atoms with Gasteiger partial charge in [0.25, 0.3) is 0 Å². The Morgan fingerprint density at radius 1 is 1.06 bits per heavy atom. The van der Waals surface area contributed by atoms with Gasteiger partial charge in [-0.2, -0.15) is 11.8 Å².